The van der Waals surface area contributed by atoms with Crippen molar-refractivity contribution < 1.29 is 17.9 Å². The first kappa shape index (κ1) is 9.80. The fourth-order valence-corrected chi connectivity index (χ4v) is 1.20. The Morgan fingerprint density at radius 3 is 2.67 bits per heavy atom. The number of nitrogens with zero attached hydrogens (tertiary/aromatic N) is 1. The summed E-state index contributed by atoms with van der Waals surface area (Å²) in [6.45, 7) is 1.72. The Hall–Kier alpha value is -0.290. The highest BCUT2D eigenvalue weighted by Gasteiger charge is 2.35. The van der Waals surface area contributed by atoms with E-state index in [-0.39, 0.29) is 0 Å². The fourth-order valence-electron chi connectivity index (χ4n) is 1.20. The van der Waals surface area contributed by atoms with Gasteiger partial charge >= 0.3 is 6.36 Å². The monoisotopic (exact) mass is 182 g/mol. The summed E-state index contributed by atoms with van der Waals surface area (Å²) in [4.78, 5) is 1.47. The van der Waals surface area contributed by atoms with Crippen molar-refractivity contribution in [3.63, 3.8) is 0 Å². The van der Waals surface area contributed by atoms with Crippen LogP contribution in [0.4, 0.5) is 13.2 Å². The first-order valence-corrected chi connectivity index (χ1v) is 3.79. The first-order valence-electron chi connectivity index (χ1n) is 3.79. The second-order valence-electron chi connectivity index (χ2n) is 2.80. The minimum absolute atomic E-state index is 0.437. The van der Waals surface area contributed by atoms with Gasteiger partial charge in [-0.05, 0) is 26.3 Å². The van der Waals surface area contributed by atoms with E-state index < -0.39 is 12.6 Å². The lowest BCUT2D eigenvalue weighted by Crippen LogP contribution is -2.39. The van der Waals surface area contributed by atoms with Gasteiger partial charge in [0.15, 0.2) is 0 Å². The molecule has 71 valence electrons. The van der Waals surface area contributed by atoms with Crippen LogP contribution in [0.2, 0.25) is 0 Å². The second-order valence-corrected chi connectivity index (χ2v) is 2.80. The van der Waals surface area contributed by atoms with Crippen LogP contribution in [0.15, 0.2) is 0 Å². The molecule has 0 aromatic carbocycles. The normalized spacial score (nSPS) is 27.5. The van der Waals surface area contributed by atoms with E-state index in [1.165, 1.54) is 4.90 Å². The van der Waals surface area contributed by atoms with E-state index in [0.717, 1.165) is 12.8 Å². The standard InChI is InChI=1S/C7H11F3NO/c1-11-5-3-2-4-6(11)12-7(8,9)10/h5-6H,2-4H2,1H3. The lowest BCUT2D eigenvalue weighted by molar-refractivity contribution is -0.359. The molecule has 0 bridgehead atoms. The second kappa shape index (κ2) is 3.62. The molecule has 12 heavy (non-hydrogen) atoms. The van der Waals surface area contributed by atoms with E-state index in [1.54, 1.807) is 13.6 Å². The maximum Gasteiger partial charge on any atom is 0.524 e. The summed E-state index contributed by atoms with van der Waals surface area (Å²) < 4.78 is 39.1. The Morgan fingerprint density at radius 1 is 1.50 bits per heavy atom. The number of hydrogen-bond acceptors (Lipinski definition) is 2. The van der Waals surface area contributed by atoms with E-state index in [1.807, 2.05) is 0 Å². The van der Waals surface area contributed by atoms with Crippen LogP contribution in [-0.2, 0) is 4.74 Å². The van der Waals surface area contributed by atoms with Crippen LogP contribution >= 0.6 is 0 Å². The molecule has 2 nitrogen and oxygen atoms in total. The van der Waals surface area contributed by atoms with Crippen molar-refractivity contribution in [1.29, 1.82) is 0 Å². The minimum Gasteiger partial charge on any atom is -0.277 e. The van der Waals surface area contributed by atoms with Crippen molar-refractivity contribution in [2.45, 2.75) is 31.9 Å². The molecule has 0 saturated carbocycles. The topological polar surface area (TPSA) is 12.5 Å². The smallest absolute Gasteiger partial charge is 0.277 e. The Bertz CT molecular complexity index is 148. The van der Waals surface area contributed by atoms with Gasteiger partial charge in [-0.15, -0.1) is 13.2 Å². The molecule has 0 spiro atoms. The largest absolute Gasteiger partial charge is 0.524 e. The number of alkyl halides is 3. The van der Waals surface area contributed by atoms with Crippen molar-refractivity contribution >= 4 is 0 Å². The maximum absolute atomic E-state index is 11.8. The quantitative estimate of drug-likeness (QED) is 0.615. The third-order valence-electron chi connectivity index (χ3n) is 1.80. The van der Waals surface area contributed by atoms with Crippen molar-refractivity contribution in [3.05, 3.63) is 6.54 Å². The van der Waals surface area contributed by atoms with Gasteiger partial charge in [-0.25, -0.2) is 0 Å². The fraction of sp³-hybridized carbons (Fsp3) is 0.857. The Labute approximate surface area is 69.3 Å². The molecule has 1 saturated heterocycles. The van der Waals surface area contributed by atoms with Crippen molar-refractivity contribution in [2.75, 3.05) is 7.05 Å². The SMILES string of the molecule is CN1[CH]CCCC1OC(F)(F)F. The van der Waals surface area contributed by atoms with Crippen molar-refractivity contribution in [2.24, 2.45) is 0 Å². The molecular weight excluding hydrogens is 171 g/mol. The molecule has 1 unspecified atom stereocenters. The molecule has 0 aromatic heterocycles. The number of piperidine rings is 1. The third-order valence-corrected chi connectivity index (χ3v) is 1.80. The molecule has 0 amide bonds. The summed E-state index contributed by atoms with van der Waals surface area (Å²) in [6, 6.07) is 0. The molecule has 1 rings (SSSR count). The molecule has 1 radical (unpaired) electrons. The molecule has 0 aromatic rings. The highest BCUT2D eigenvalue weighted by molar-refractivity contribution is 4.75. The van der Waals surface area contributed by atoms with E-state index in [9.17, 15) is 13.2 Å². The zero-order valence-electron chi connectivity index (χ0n) is 6.77. The molecule has 0 N–H and O–H groups in total. The van der Waals surface area contributed by atoms with Crippen LogP contribution < -0.4 is 0 Å². The average molecular weight is 182 g/mol. The van der Waals surface area contributed by atoms with E-state index >= 15 is 0 Å². The number of likely N-dealkylation sites (tertiary alicyclic amines) is 1. The van der Waals surface area contributed by atoms with E-state index in [2.05, 4.69) is 4.74 Å². The highest BCUT2D eigenvalue weighted by atomic mass is 19.4. The van der Waals surface area contributed by atoms with Crippen LogP contribution in [-0.4, -0.2) is 24.5 Å². The van der Waals surface area contributed by atoms with Crippen LogP contribution in [0.25, 0.3) is 0 Å². The summed E-state index contributed by atoms with van der Waals surface area (Å²) in [5.74, 6) is 0. The lowest BCUT2D eigenvalue weighted by Gasteiger charge is -2.31. The molecule has 1 atom stereocenters. The van der Waals surface area contributed by atoms with E-state index in [0.29, 0.717) is 6.42 Å². The molecule has 1 fully saturated rings. The summed E-state index contributed by atoms with van der Waals surface area (Å²) in [5.41, 5.74) is 0. The molecule has 0 aliphatic carbocycles. The van der Waals surface area contributed by atoms with Crippen LogP contribution in [0.5, 0.6) is 0 Å². The van der Waals surface area contributed by atoms with Gasteiger partial charge in [0.25, 0.3) is 0 Å². The van der Waals surface area contributed by atoms with Crippen molar-refractivity contribution in [1.82, 2.24) is 4.90 Å². The molecular formula is C7H11F3NO. The zero-order chi connectivity index (χ0) is 9.19. The Morgan fingerprint density at radius 2 is 2.17 bits per heavy atom. The Balaban J connectivity index is 2.39. The molecule has 1 aliphatic heterocycles. The highest BCUT2D eigenvalue weighted by Crippen LogP contribution is 2.26. The molecule has 5 heteroatoms. The predicted molar refractivity (Wildman–Crippen MR) is 36.8 cm³/mol. The van der Waals surface area contributed by atoms with Gasteiger partial charge in [0.1, 0.15) is 6.23 Å². The summed E-state index contributed by atoms with van der Waals surface area (Å²) in [6.07, 6.45) is -3.34. The summed E-state index contributed by atoms with van der Waals surface area (Å²) in [7, 11) is 1.59. The number of ether oxygens (including phenoxy) is 1. The zero-order valence-corrected chi connectivity index (χ0v) is 6.77. The lowest BCUT2D eigenvalue weighted by atomic mass is 10.1. The molecule has 1 aliphatic rings. The van der Waals surface area contributed by atoms with Crippen molar-refractivity contribution in [3.8, 4) is 0 Å². The number of rotatable bonds is 1. The van der Waals surface area contributed by atoms with Gasteiger partial charge in [-0.2, -0.15) is 0 Å². The summed E-state index contributed by atoms with van der Waals surface area (Å²) in [5, 5.41) is 0. The van der Waals surface area contributed by atoms with Gasteiger partial charge in [-0.3, -0.25) is 9.64 Å². The number of halogens is 3. The van der Waals surface area contributed by atoms with Crippen LogP contribution in [0.1, 0.15) is 19.3 Å². The predicted octanol–water partition coefficient (Wildman–Crippen LogP) is 2.13. The van der Waals surface area contributed by atoms with Gasteiger partial charge in [0, 0.05) is 6.54 Å². The van der Waals surface area contributed by atoms with Gasteiger partial charge in [-0.1, -0.05) is 0 Å². The number of hydrogen-bond donors (Lipinski definition) is 0. The van der Waals surface area contributed by atoms with Crippen LogP contribution in [0.3, 0.4) is 0 Å². The summed E-state index contributed by atoms with van der Waals surface area (Å²) >= 11 is 0. The van der Waals surface area contributed by atoms with Gasteiger partial charge in [0.05, 0.1) is 0 Å². The average Bonchev–Trinajstić information content (AvgIpc) is 1.91. The van der Waals surface area contributed by atoms with Gasteiger partial charge in [0.2, 0.25) is 0 Å². The van der Waals surface area contributed by atoms with Gasteiger partial charge < -0.3 is 0 Å². The van der Waals surface area contributed by atoms with E-state index in [4.69, 9.17) is 0 Å². The Kier molecular flexibility index (Phi) is 2.95. The minimum atomic E-state index is -4.52. The van der Waals surface area contributed by atoms with Crippen LogP contribution in [0, 0.1) is 6.54 Å². The first-order chi connectivity index (χ1) is 5.49. The molecule has 1 heterocycles. The maximum atomic E-state index is 11.8. The third kappa shape index (κ3) is 2.98.